The minimum absolute atomic E-state index is 0. The summed E-state index contributed by atoms with van der Waals surface area (Å²) in [5.41, 5.74) is 4.45. The molecule has 0 saturated carbocycles. The molecule has 2 aromatic carbocycles. The van der Waals surface area contributed by atoms with Gasteiger partial charge in [-0.25, -0.2) is 0 Å². The van der Waals surface area contributed by atoms with Gasteiger partial charge in [-0.3, -0.25) is 0 Å². The van der Waals surface area contributed by atoms with Crippen molar-refractivity contribution in [2.75, 3.05) is 0 Å². The minimum atomic E-state index is -0.426. The van der Waals surface area contributed by atoms with Gasteiger partial charge < -0.3 is 0 Å². The van der Waals surface area contributed by atoms with Crippen LogP contribution in [0.3, 0.4) is 0 Å². The predicted octanol–water partition coefficient (Wildman–Crippen LogP) is 7.08. The van der Waals surface area contributed by atoms with E-state index in [1.807, 2.05) is 12.1 Å². The van der Waals surface area contributed by atoms with E-state index >= 15 is 0 Å². The number of rotatable bonds is 5. The Kier molecular flexibility index (Phi) is 7.92. The Bertz CT molecular complexity index is 643. The van der Waals surface area contributed by atoms with Gasteiger partial charge >= 0.3 is 0 Å². The van der Waals surface area contributed by atoms with Gasteiger partial charge in [0, 0.05) is 33.3 Å². The van der Waals surface area contributed by atoms with E-state index in [-0.39, 0.29) is 19.5 Å². The fourth-order valence-electron chi connectivity index (χ4n) is 4.09. The molecule has 1 fully saturated rings. The summed E-state index contributed by atoms with van der Waals surface area (Å²) in [4.78, 5) is 0. The second-order valence-electron chi connectivity index (χ2n) is 7.73. The number of unbranched alkanes of at least 4 members (excludes halogenated alkanes) is 1. The molecular weight excluding hydrogens is 393 g/mol. The van der Waals surface area contributed by atoms with Gasteiger partial charge in [0.15, 0.2) is 0 Å². The Morgan fingerprint density at radius 1 is 0.920 bits per heavy atom. The Morgan fingerprint density at radius 3 is 1.96 bits per heavy atom. The molecule has 0 aromatic heterocycles. The first-order valence-electron chi connectivity index (χ1n) is 9.47. The summed E-state index contributed by atoms with van der Waals surface area (Å²) < 4.78 is 0. The molecule has 3 rings (SSSR count). The Balaban J connectivity index is 0.00000225. The van der Waals surface area contributed by atoms with Crippen molar-refractivity contribution < 1.29 is 19.5 Å². The zero-order chi connectivity index (χ0) is 17.0. The van der Waals surface area contributed by atoms with Gasteiger partial charge in [-0.15, -0.1) is 0 Å². The van der Waals surface area contributed by atoms with Crippen LogP contribution < -0.4 is 0 Å². The van der Waals surface area contributed by atoms with Crippen molar-refractivity contribution in [3.8, 4) is 11.1 Å². The molecular formula is C22H29ClSiZn. The quantitative estimate of drug-likeness (QED) is 0.452. The normalized spacial score (nSPS) is 23.1. The molecule has 0 N–H and O–H groups in total. The monoisotopic (exact) mass is 420 g/mol. The molecule has 1 aliphatic heterocycles. The van der Waals surface area contributed by atoms with Crippen LogP contribution >= 0.6 is 11.6 Å². The van der Waals surface area contributed by atoms with Gasteiger partial charge in [0.1, 0.15) is 0 Å². The van der Waals surface area contributed by atoms with Gasteiger partial charge in [-0.2, -0.15) is 0 Å². The minimum Gasteiger partial charge on any atom is -0.0843 e. The van der Waals surface area contributed by atoms with Crippen LogP contribution in [0.2, 0.25) is 23.2 Å². The molecule has 0 spiro atoms. The van der Waals surface area contributed by atoms with Crippen molar-refractivity contribution in [1.29, 1.82) is 0 Å². The zero-order valence-corrected chi connectivity index (χ0v) is 20.6. The van der Waals surface area contributed by atoms with Gasteiger partial charge in [0.25, 0.3) is 0 Å². The fourth-order valence-corrected chi connectivity index (χ4v) is 8.16. The summed E-state index contributed by atoms with van der Waals surface area (Å²) in [5.74, 6) is 0. The van der Waals surface area contributed by atoms with E-state index in [2.05, 4.69) is 50.2 Å². The molecule has 25 heavy (non-hydrogen) atoms. The molecule has 2 aromatic rings. The van der Waals surface area contributed by atoms with E-state index in [1.165, 1.54) is 54.5 Å². The van der Waals surface area contributed by atoms with Crippen LogP contribution in [0.4, 0.5) is 0 Å². The van der Waals surface area contributed by atoms with E-state index in [4.69, 9.17) is 11.6 Å². The molecule has 1 aliphatic rings. The summed E-state index contributed by atoms with van der Waals surface area (Å²) in [7, 11) is -0.426. The summed E-state index contributed by atoms with van der Waals surface area (Å²) in [6, 6.07) is 22.1. The van der Waals surface area contributed by atoms with Crippen LogP contribution in [0.1, 0.15) is 45.1 Å². The third kappa shape index (κ3) is 5.28. The van der Waals surface area contributed by atoms with Gasteiger partial charge in [0.05, 0.1) is 0 Å². The average molecular weight is 422 g/mol. The topological polar surface area (TPSA) is 0 Å². The summed E-state index contributed by atoms with van der Waals surface area (Å²) in [5, 5.41) is 0.798. The van der Waals surface area contributed by atoms with Crippen LogP contribution in [0.5, 0.6) is 0 Å². The molecule has 0 nitrogen and oxygen atoms in total. The number of benzene rings is 2. The molecule has 3 heteroatoms. The SMILES string of the molecule is CCCC[SiH]1CCC(C)(c2ccc(-c3ccc(Cl)cc3)cc2)CC1.[Zn]. The van der Waals surface area contributed by atoms with Crippen molar-refractivity contribution in [1.82, 2.24) is 0 Å². The van der Waals surface area contributed by atoms with Crippen molar-refractivity contribution in [2.24, 2.45) is 0 Å². The molecule has 130 valence electrons. The van der Waals surface area contributed by atoms with Crippen LogP contribution in [-0.4, -0.2) is 8.80 Å². The summed E-state index contributed by atoms with van der Waals surface area (Å²) >= 11 is 5.99. The largest absolute Gasteiger partial charge is 0.0843 e. The van der Waals surface area contributed by atoms with E-state index in [0.717, 1.165) is 5.02 Å². The third-order valence-corrected chi connectivity index (χ3v) is 9.62. The molecule has 0 amide bonds. The molecule has 0 unspecified atom stereocenters. The van der Waals surface area contributed by atoms with Gasteiger partial charge in [0.2, 0.25) is 0 Å². The van der Waals surface area contributed by atoms with Crippen LogP contribution in [-0.2, 0) is 24.9 Å². The molecule has 0 atom stereocenters. The van der Waals surface area contributed by atoms with E-state index in [0.29, 0.717) is 5.41 Å². The average Bonchev–Trinajstić information content (AvgIpc) is 2.62. The van der Waals surface area contributed by atoms with Crippen molar-refractivity contribution in [2.45, 2.75) is 63.1 Å². The van der Waals surface area contributed by atoms with Crippen molar-refractivity contribution >= 4 is 20.4 Å². The van der Waals surface area contributed by atoms with Crippen molar-refractivity contribution in [3.63, 3.8) is 0 Å². The van der Waals surface area contributed by atoms with Crippen LogP contribution in [0, 0.1) is 0 Å². The smallest absolute Gasteiger partial charge is 0.0406 e. The first-order valence-corrected chi connectivity index (χ1v) is 12.3. The first-order chi connectivity index (χ1) is 11.6. The zero-order valence-electron chi connectivity index (χ0n) is 15.7. The van der Waals surface area contributed by atoms with E-state index in [9.17, 15) is 0 Å². The maximum Gasteiger partial charge on any atom is 0.0406 e. The Hall–Kier alpha value is -0.430. The Labute approximate surface area is 172 Å². The van der Waals surface area contributed by atoms with Crippen LogP contribution in [0.25, 0.3) is 11.1 Å². The number of hydrogen-bond donors (Lipinski definition) is 0. The second kappa shape index (κ2) is 9.49. The van der Waals surface area contributed by atoms with Gasteiger partial charge in [-0.05, 0) is 47.1 Å². The fraction of sp³-hybridized carbons (Fsp3) is 0.455. The van der Waals surface area contributed by atoms with Gasteiger partial charge in [-0.1, -0.05) is 92.8 Å². The second-order valence-corrected chi connectivity index (χ2v) is 11.6. The molecule has 0 aliphatic carbocycles. The Morgan fingerprint density at radius 2 is 1.44 bits per heavy atom. The standard InChI is InChI=1S/C22H29ClSi.Zn/c1-3-4-15-24-16-13-22(2,14-17-24)20-9-5-18(6-10-20)19-7-11-21(23)12-8-19;/h5-12,24H,3-4,13-17H2,1-2H3;. The molecule has 0 bridgehead atoms. The maximum absolute atomic E-state index is 5.99. The number of hydrogen-bond acceptors (Lipinski definition) is 0. The number of halogens is 1. The summed E-state index contributed by atoms with van der Waals surface area (Å²) in [6.45, 7) is 4.80. The summed E-state index contributed by atoms with van der Waals surface area (Å²) in [6.07, 6.45) is 5.62. The third-order valence-electron chi connectivity index (χ3n) is 5.93. The molecule has 0 radical (unpaired) electrons. The first kappa shape index (κ1) is 20.9. The maximum atomic E-state index is 5.99. The van der Waals surface area contributed by atoms with E-state index in [1.54, 1.807) is 6.04 Å². The van der Waals surface area contributed by atoms with Crippen LogP contribution in [0.15, 0.2) is 48.5 Å². The van der Waals surface area contributed by atoms with E-state index < -0.39 is 8.80 Å². The molecule has 1 saturated heterocycles. The predicted molar refractivity (Wildman–Crippen MR) is 110 cm³/mol. The van der Waals surface area contributed by atoms with Crippen molar-refractivity contribution in [3.05, 3.63) is 59.1 Å². The molecule has 1 heterocycles.